The fraction of sp³-hybridized carbons (Fsp3) is 0.400. The molecule has 3 rings (SSSR count). The van der Waals surface area contributed by atoms with Gasteiger partial charge >= 0.3 is 0 Å². The first kappa shape index (κ1) is 18.0. The van der Waals surface area contributed by atoms with Crippen molar-refractivity contribution < 1.29 is 14.3 Å². The summed E-state index contributed by atoms with van der Waals surface area (Å²) in [4.78, 5) is 18.6. The minimum absolute atomic E-state index is 0.0578. The number of benzene rings is 1. The second kappa shape index (κ2) is 8.08. The Bertz CT molecular complexity index is 761. The summed E-state index contributed by atoms with van der Waals surface area (Å²) in [6.07, 6.45) is 1.81. The van der Waals surface area contributed by atoms with Gasteiger partial charge in [0.1, 0.15) is 11.6 Å². The molecule has 2 N–H and O–H groups in total. The number of fused-ring (bicyclic) bond motifs is 1. The fourth-order valence-corrected chi connectivity index (χ4v) is 2.89. The molecule has 0 bridgehead atoms. The maximum absolute atomic E-state index is 12.6. The zero-order valence-electron chi connectivity index (χ0n) is 15.3. The standard InChI is InChI=1S/C20H25N3O3/c1-3-16-20(24)23(19-17(26-16)10-11-18(21)22-19)12-4-5-13-25-15-8-6-14(2)7-9-15/h6-11,16H,3-5,12-13H2,1-2H3,(H2,21,22). The number of nitrogens with zero attached hydrogens (tertiary/aromatic N) is 2. The van der Waals surface area contributed by atoms with E-state index in [9.17, 15) is 4.79 Å². The van der Waals surface area contributed by atoms with Gasteiger partial charge in [0.15, 0.2) is 17.7 Å². The summed E-state index contributed by atoms with van der Waals surface area (Å²) in [5.41, 5.74) is 6.99. The summed E-state index contributed by atoms with van der Waals surface area (Å²) >= 11 is 0. The van der Waals surface area contributed by atoms with Crippen LogP contribution < -0.4 is 20.1 Å². The summed E-state index contributed by atoms with van der Waals surface area (Å²) in [6.45, 7) is 5.16. The molecule has 0 fully saturated rings. The maximum Gasteiger partial charge on any atom is 0.269 e. The minimum atomic E-state index is -0.461. The van der Waals surface area contributed by atoms with E-state index in [0.717, 1.165) is 18.6 Å². The third-order valence-corrected chi connectivity index (χ3v) is 4.36. The molecule has 1 aliphatic heterocycles. The highest BCUT2D eigenvalue weighted by atomic mass is 16.5. The van der Waals surface area contributed by atoms with Gasteiger partial charge in [-0.3, -0.25) is 9.69 Å². The summed E-state index contributed by atoms with van der Waals surface area (Å²) in [7, 11) is 0. The number of anilines is 2. The van der Waals surface area contributed by atoms with Crippen LogP contribution in [0.15, 0.2) is 36.4 Å². The SMILES string of the molecule is CCC1Oc2ccc(N)nc2N(CCCCOc2ccc(C)cc2)C1=O. The second-order valence-corrected chi connectivity index (χ2v) is 6.43. The van der Waals surface area contributed by atoms with Gasteiger partial charge in [0, 0.05) is 6.54 Å². The molecular weight excluding hydrogens is 330 g/mol. The van der Waals surface area contributed by atoms with Crippen LogP contribution >= 0.6 is 0 Å². The quantitative estimate of drug-likeness (QED) is 0.771. The van der Waals surface area contributed by atoms with Crippen LogP contribution in [0.3, 0.4) is 0 Å². The molecule has 1 aromatic carbocycles. The van der Waals surface area contributed by atoms with Gasteiger partial charge in [-0.2, -0.15) is 0 Å². The highest BCUT2D eigenvalue weighted by Crippen LogP contribution is 2.33. The molecule has 0 saturated carbocycles. The molecule has 1 atom stereocenters. The first-order chi connectivity index (χ1) is 12.6. The molecule has 1 unspecified atom stereocenters. The molecule has 0 aliphatic carbocycles. The van der Waals surface area contributed by atoms with Crippen molar-refractivity contribution in [2.75, 3.05) is 23.8 Å². The van der Waals surface area contributed by atoms with E-state index in [1.807, 2.05) is 38.1 Å². The molecule has 1 amide bonds. The molecule has 0 radical (unpaired) electrons. The van der Waals surface area contributed by atoms with Gasteiger partial charge in [-0.05, 0) is 50.5 Å². The third kappa shape index (κ3) is 4.07. The molecule has 6 heteroatoms. The summed E-state index contributed by atoms with van der Waals surface area (Å²) in [6, 6.07) is 11.5. The normalized spacial score (nSPS) is 16.2. The van der Waals surface area contributed by atoms with Gasteiger partial charge in [0.25, 0.3) is 5.91 Å². The van der Waals surface area contributed by atoms with Crippen molar-refractivity contribution in [2.24, 2.45) is 0 Å². The molecule has 2 heterocycles. The lowest BCUT2D eigenvalue weighted by atomic mass is 10.1. The number of nitrogens with two attached hydrogens (primary N) is 1. The van der Waals surface area contributed by atoms with Crippen LogP contribution in [-0.2, 0) is 4.79 Å². The number of ether oxygens (including phenoxy) is 2. The van der Waals surface area contributed by atoms with Crippen molar-refractivity contribution >= 4 is 17.5 Å². The Balaban J connectivity index is 1.57. The summed E-state index contributed by atoms with van der Waals surface area (Å²) in [5, 5.41) is 0. The Kier molecular flexibility index (Phi) is 5.61. The monoisotopic (exact) mass is 355 g/mol. The van der Waals surface area contributed by atoms with Crippen LogP contribution in [0.5, 0.6) is 11.5 Å². The highest BCUT2D eigenvalue weighted by molar-refractivity contribution is 5.99. The molecular formula is C20H25N3O3. The predicted octanol–water partition coefficient (Wildman–Crippen LogP) is 3.34. The van der Waals surface area contributed by atoms with Gasteiger partial charge in [-0.15, -0.1) is 0 Å². The maximum atomic E-state index is 12.6. The number of unbranched alkanes of at least 4 members (excludes halogenated alkanes) is 1. The molecule has 26 heavy (non-hydrogen) atoms. The number of pyridine rings is 1. The van der Waals surface area contributed by atoms with Crippen LogP contribution in [0.4, 0.5) is 11.6 Å². The van der Waals surface area contributed by atoms with E-state index in [1.54, 1.807) is 17.0 Å². The lowest BCUT2D eigenvalue weighted by molar-refractivity contribution is -0.126. The van der Waals surface area contributed by atoms with Crippen LogP contribution in [-0.4, -0.2) is 30.1 Å². The smallest absolute Gasteiger partial charge is 0.269 e. The van der Waals surface area contributed by atoms with Crippen LogP contribution in [0.25, 0.3) is 0 Å². The Morgan fingerprint density at radius 3 is 2.69 bits per heavy atom. The lowest BCUT2D eigenvalue weighted by Gasteiger charge is -2.33. The van der Waals surface area contributed by atoms with E-state index in [0.29, 0.717) is 37.0 Å². The minimum Gasteiger partial charge on any atom is -0.494 e. The van der Waals surface area contributed by atoms with E-state index in [-0.39, 0.29) is 5.91 Å². The largest absolute Gasteiger partial charge is 0.494 e. The van der Waals surface area contributed by atoms with Gasteiger partial charge in [0.2, 0.25) is 0 Å². The Labute approximate surface area is 153 Å². The number of nitrogen functional groups attached to an aromatic ring is 1. The van der Waals surface area contributed by atoms with E-state index in [1.165, 1.54) is 5.56 Å². The molecule has 6 nitrogen and oxygen atoms in total. The number of amides is 1. The Hall–Kier alpha value is -2.76. The number of carbonyl (C=O) groups is 1. The first-order valence-corrected chi connectivity index (χ1v) is 9.02. The summed E-state index contributed by atoms with van der Waals surface area (Å²) < 4.78 is 11.5. The van der Waals surface area contributed by atoms with Crippen molar-refractivity contribution in [3.05, 3.63) is 42.0 Å². The number of aromatic nitrogens is 1. The molecule has 1 aliphatic rings. The van der Waals surface area contributed by atoms with E-state index < -0.39 is 6.10 Å². The van der Waals surface area contributed by atoms with Gasteiger partial charge in [0.05, 0.1) is 6.61 Å². The zero-order chi connectivity index (χ0) is 18.5. The fourth-order valence-electron chi connectivity index (χ4n) is 2.89. The zero-order valence-corrected chi connectivity index (χ0v) is 15.3. The van der Waals surface area contributed by atoms with Gasteiger partial charge in [-0.25, -0.2) is 4.98 Å². The molecule has 1 aromatic heterocycles. The van der Waals surface area contributed by atoms with Gasteiger partial charge in [-0.1, -0.05) is 24.6 Å². The Morgan fingerprint density at radius 2 is 1.96 bits per heavy atom. The predicted molar refractivity (Wildman–Crippen MR) is 102 cm³/mol. The topological polar surface area (TPSA) is 77.7 Å². The number of aryl methyl sites for hydroxylation is 1. The molecule has 0 saturated heterocycles. The van der Waals surface area contributed by atoms with Crippen LogP contribution in [0.2, 0.25) is 0 Å². The first-order valence-electron chi connectivity index (χ1n) is 9.02. The van der Waals surface area contributed by atoms with Crippen molar-refractivity contribution in [3.63, 3.8) is 0 Å². The van der Waals surface area contributed by atoms with Crippen molar-refractivity contribution in [1.29, 1.82) is 0 Å². The van der Waals surface area contributed by atoms with Gasteiger partial charge < -0.3 is 15.2 Å². The highest BCUT2D eigenvalue weighted by Gasteiger charge is 2.34. The molecule has 138 valence electrons. The van der Waals surface area contributed by atoms with E-state index in [2.05, 4.69) is 4.98 Å². The summed E-state index contributed by atoms with van der Waals surface area (Å²) in [5.74, 6) is 2.31. The van der Waals surface area contributed by atoms with E-state index in [4.69, 9.17) is 15.2 Å². The average Bonchev–Trinajstić information content (AvgIpc) is 2.64. The van der Waals surface area contributed by atoms with Crippen LogP contribution in [0, 0.1) is 6.92 Å². The van der Waals surface area contributed by atoms with Crippen molar-refractivity contribution in [2.45, 2.75) is 39.2 Å². The molecule has 2 aromatic rings. The number of hydrogen-bond acceptors (Lipinski definition) is 5. The average molecular weight is 355 g/mol. The number of rotatable bonds is 7. The molecule has 0 spiro atoms. The second-order valence-electron chi connectivity index (χ2n) is 6.43. The third-order valence-electron chi connectivity index (χ3n) is 4.36. The lowest BCUT2D eigenvalue weighted by Crippen LogP contribution is -2.46. The van der Waals surface area contributed by atoms with Crippen molar-refractivity contribution in [3.8, 4) is 11.5 Å². The number of carbonyl (C=O) groups excluding carboxylic acids is 1. The van der Waals surface area contributed by atoms with Crippen LogP contribution in [0.1, 0.15) is 31.7 Å². The van der Waals surface area contributed by atoms with Crippen molar-refractivity contribution in [1.82, 2.24) is 4.98 Å². The Morgan fingerprint density at radius 1 is 1.19 bits per heavy atom. The number of hydrogen-bond donors (Lipinski definition) is 1. The van der Waals surface area contributed by atoms with E-state index >= 15 is 0 Å².